The molecule has 1 saturated heterocycles. The lowest BCUT2D eigenvalue weighted by Crippen LogP contribution is -2.46. The number of nitrogens with zero attached hydrogens (tertiary/aromatic N) is 1. The summed E-state index contributed by atoms with van der Waals surface area (Å²) in [6.45, 7) is 2.92. The monoisotopic (exact) mass is 315 g/mol. The number of hydrogen-bond acceptors (Lipinski definition) is 3. The maximum absolute atomic E-state index is 11.7. The zero-order valence-electron chi connectivity index (χ0n) is 12.7. The Morgan fingerprint density at radius 1 is 1.32 bits per heavy atom. The van der Waals surface area contributed by atoms with Gasteiger partial charge in [0.05, 0.1) is 6.04 Å². The van der Waals surface area contributed by atoms with Crippen molar-refractivity contribution in [3.63, 3.8) is 0 Å². The molecule has 3 rings (SSSR count). The summed E-state index contributed by atoms with van der Waals surface area (Å²) < 4.78 is 0. The molecule has 1 N–H and O–H groups in total. The summed E-state index contributed by atoms with van der Waals surface area (Å²) in [5.41, 5.74) is 2.40. The molecule has 2 unspecified atom stereocenters. The summed E-state index contributed by atoms with van der Waals surface area (Å²) in [6.07, 6.45) is 2.80. The highest BCUT2D eigenvalue weighted by atomic mass is 32.1. The van der Waals surface area contributed by atoms with Crippen molar-refractivity contribution in [2.75, 3.05) is 6.54 Å². The highest BCUT2D eigenvalue weighted by Crippen LogP contribution is 2.36. The largest absolute Gasteiger partial charge is 0.480 e. The minimum atomic E-state index is -0.700. The molecule has 2 heterocycles. The standard InChI is InChI=1S/C18H21NO2S/c1-13-6-4-7-14(12-13)17(16-9-5-11-22-16)19-10-3-2-8-15(19)18(20)21/h4-7,9,11-12,15,17H,2-3,8,10H2,1H3,(H,20,21). The SMILES string of the molecule is Cc1cccc(C(c2cccs2)N2CCCCC2C(=O)O)c1. The summed E-state index contributed by atoms with van der Waals surface area (Å²) in [6, 6.07) is 12.3. The normalized spacial score (nSPS) is 20.7. The van der Waals surface area contributed by atoms with Crippen molar-refractivity contribution < 1.29 is 9.90 Å². The molecule has 0 saturated carbocycles. The van der Waals surface area contributed by atoms with E-state index >= 15 is 0 Å². The third-order valence-electron chi connectivity index (χ3n) is 4.33. The van der Waals surface area contributed by atoms with Crippen molar-refractivity contribution in [2.24, 2.45) is 0 Å². The molecule has 0 spiro atoms. The smallest absolute Gasteiger partial charge is 0.320 e. The van der Waals surface area contributed by atoms with Gasteiger partial charge < -0.3 is 5.11 Å². The van der Waals surface area contributed by atoms with Crippen LogP contribution in [0, 0.1) is 6.92 Å². The molecule has 4 heteroatoms. The second kappa shape index (κ2) is 6.63. The first kappa shape index (κ1) is 15.3. The van der Waals surface area contributed by atoms with Crippen molar-refractivity contribution in [2.45, 2.75) is 38.3 Å². The van der Waals surface area contributed by atoms with Gasteiger partial charge in [-0.1, -0.05) is 42.3 Å². The molecule has 1 aliphatic rings. The fourth-order valence-electron chi connectivity index (χ4n) is 3.33. The first-order chi connectivity index (χ1) is 10.7. The van der Waals surface area contributed by atoms with Gasteiger partial charge in [0.15, 0.2) is 0 Å². The first-order valence-electron chi connectivity index (χ1n) is 7.75. The number of carbonyl (C=O) groups is 1. The lowest BCUT2D eigenvalue weighted by Gasteiger charge is -2.39. The molecule has 0 bridgehead atoms. The van der Waals surface area contributed by atoms with Crippen LogP contribution in [0.15, 0.2) is 41.8 Å². The molecular formula is C18H21NO2S. The van der Waals surface area contributed by atoms with E-state index in [2.05, 4.69) is 47.5 Å². The van der Waals surface area contributed by atoms with Gasteiger partial charge in [-0.25, -0.2) is 0 Å². The fourth-order valence-corrected chi connectivity index (χ4v) is 4.21. The molecule has 2 atom stereocenters. The van der Waals surface area contributed by atoms with E-state index in [0.29, 0.717) is 0 Å². The number of benzene rings is 1. The van der Waals surface area contributed by atoms with Gasteiger partial charge >= 0.3 is 5.97 Å². The average Bonchev–Trinajstić information content (AvgIpc) is 3.02. The maximum atomic E-state index is 11.7. The van der Waals surface area contributed by atoms with Crippen LogP contribution in [0.3, 0.4) is 0 Å². The van der Waals surface area contributed by atoms with Gasteiger partial charge in [0.25, 0.3) is 0 Å². The van der Waals surface area contributed by atoms with Crippen molar-refractivity contribution >= 4 is 17.3 Å². The Kier molecular flexibility index (Phi) is 4.60. The Morgan fingerprint density at radius 3 is 2.86 bits per heavy atom. The van der Waals surface area contributed by atoms with E-state index in [-0.39, 0.29) is 12.1 Å². The number of likely N-dealkylation sites (tertiary alicyclic amines) is 1. The van der Waals surface area contributed by atoms with Gasteiger partial charge in [-0.2, -0.15) is 0 Å². The summed E-state index contributed by atoms with van der Waals surface area (Å²) >= 11 is 1.70. The number of aliphatic carboxylic acids is 1. The zero-order chi connectivity index (χ0) is 15.5. The molecule has 22 heavy (non-hydrogen) atoms. The van der Waals surface area contributed by atoms with Crippen molar-refractivity contribution in [3.8, 4) is 0 Å². The molecule has 3 nitrogen and oxygen atoms in total. The number of hydrogen-bond donors (Lipinski definition) is 1. The van der Waals surface area contributed by atoms with Crippen LogP contribution in [-0.4, -0.2) is 28.6 Å². The quantitative estimate of drug-likeness (QED) is 0.924. The van der Waals surface area contributed by atoms with Crippen LogP contribution in [0.1, 0.15) is 41.3 Å². The number of piperidine rings is 1. The van der Waals surface area contributed by atoms with Crippen LogP contribution in [0.4, 0.5) is 0 Å². The van der Waals surface area contributed by atoms with Gasteiger partial charge in [0.2, 0.25) is 0 Å². The maximum Gasteiger partial charge on any atom is 0.320 e. The van der Waals surface area contributed by atoms with E-state index in [1.807, 2.05) is 6.07 Å². The van der Waals surface area contributed by atoms with Gasteiger partial charge in [0, 0.05) is 4.88 Å². The lowest BCUT2D eigenvalue weighted by atomic mass is 9.94. The predicted octanol–water partition coefficient (Wildman–Crippen LogP) is 4.09. The Bertz CT molecular complexity index is 638. The van der Waals surface area contributed by atoms with Crippen LogP contribution in [-0.2, 0) is 4.79 Å². The molecule has 1 aliphatic heterocycles. The number of aryl methyl sites for hydroxylation is 1. The topological polar surface area (TPSA) is 40.5 Å². The van der Waals surface area contributed by atoms with Crippen LogP contribution in [0.5, 0.6) is 0 Å². The van der Waals surface area contributed by atoms with Crippen molar-refractivity contribution in [1.82, 2.24) is 4.90 Å². The van der Waals surface area contributed by atoms with Crippen LogP contribution in [0.2, 0.25) is 0 Å². The van der Waals surface area contributed by atoms with Gasteiger partial charge in [-0.15, -0.1) is 11.3 Å². The zero-order valence-corrected chi connectivity index (χ0v) is 13.6. The number of carboxylic acid groups (broad SMARTS) is 1. The Labute approximate surface area is 135 Å². The molecule has 116 valence electrons. The number of carboxylic acids is 1. The first-order valence-corrected chi connectivity index (χ1v) is 8.63. The van der Waals surface area contributed by atoms with Crippen LogP contribution < -0.4 is 0 Å². The van der Waals surface area contributed by atoms with Crippen molar-refractivity contribution in [1.29, 1.82) is 0 Å². The molecule has 0 radical (unpaired) electrons. The Balaban J connectivity index is 2.03. The van der Waals surface area contributed by atoms with E-state index in [9.17, 15) is 9.90 Å². The van der Waals surface area contributed by atoms with Crippen LogP contribution >= 0.6 is 11.3 Å². The van der Waals surface area contributed by atoms with E-state index in [1.165, 1.54) is 16.0 Å². The van der Waals surface area contributed by atoms with Crippen LogP contribution in [0.25, 0.3) is 0 Å². The fraction of sp³-hybridized carbons (Fsp3) is 0.389. The molecule has 1 aromatic heterocycles. The number of thiophene rings is 1. The summed E-state index contributed by atoms with van der Waals surface area (Å²) in [7, 11) is 0. The second-order valence-electron chi connectivity index (χ2n) is 5.92. The lowest BCUT2D eigenvalue weighted by molar-refractivity contribution is -0.145. The van der Waals surface area contributed by atoms with E-state index in [1.54, 1.807) is 11.3 Å². The molecule has 1 fully saturated rings. The Hall–Kier alpha value is -1.65. The second-order valence-corrected chi connectivity index (χ2v) is 6.90. The minimum absolute atomic E-state index is 0.0429. The molecule has 2 aromatic rings. The molecule has 1 aromatic carbocycles. The van der Waals surface area contributed by atoms with E-state index in [0.717, 1.165) is 25.8 Å². The highest BCUT2D eigenvalue weighted by molar-refractivity contribution is 7.10. The number of rotatable bonds is 4. The third-order valence-corrected chi connectivity index (χ3v) is 5.26. The molecular weight excluding hydrogens is 294 g/mol. The van der Waals surface area contributed by atoms with E-state index in [4.69, 9.17) is 0 Å². The highest BCUT2D eigenvalue weighted by Gasteiger charge is 2.35. The summed E-state index contributed by atoms with van der Waals surface area (Å²) in [5, 5.41) is 11.7. The van der Waals surface area contributed by atoms with Crippen molar-refractivity contribution in [3.05, 3.63) is 57.8 Å². The minimum Gasteiger partial charge on any atom is -0.480 e. The summed E-state index contributed by atoms with van der Waals surface area (Å²) in [4.78, 5) is 15.1. The predicted molar refractivity (Wildman–Crippen MR) is 89.3 cm³/mol. The summed E-state index contributed by atoms with van der Waals surface area (Å²) in [5.74, 6) is -0.700. The van der Waals surface area contributed by atoms with Gasteiger partial charge in [-0.05, 0) is 43.3 Å². The third kappa shape index (κ3) is 3.08. The molecule has 0 aliphatic carbocycles. The molecule has 0 amide bonds. The van der Waals surface area contributed by atoms with Gasteiger partial charge in [0.1, 0.15) is 6.04 Å². The Morgan fingerprint density at radius 2 is 2.18 bits per heavy atom. The van der Waals surface area contributed by atoms with E-state index < -0.39 is 5.97 Å². The van der Waals surface area contributed by atoms with Gasteiger partial charge in [-0.3, -0.25) is 9.69 Å². The average molecular weight is 315 g/mol.